The van der Waals surface area contributed by atoms with Crippen LogP contribution in [-0.4, -0.2) is 88.1 Å². The highest BCUT2D eigenvalue weighted by atomic mass is 19.4. The van der Waals surface area contributed by atoms with Gasteiger partial charge in [0, 0.05) is 44.1 Å². The van der Waals surface area contributed by atoms with Crippen LogP contribution in [0.3, 0.4) is 0 Å². The number of aromatic amines is 1. The molecule has 2 saturated heterocycles. The maximum absolute atomic E-state index is 13.9. The Morgan fingerprint density at radius 3 is 2.59 bits per heavy atom. The summed E-state index contributed by atoms with van der Waals surface area (Å²) in [6.45, 7) is 1.49. The number of likely N-dealkylation sites (tertiary alicyclic amines) is 1. The van der Waals surface area contributed by atoms with Gasteiger partial charge < -0.3 is 19.3 Å². The number of carbonyl (C=O) groups is 1. The zero-order valence-corrected chi connectivity index (χ0v) is 21.7. The first-order valence-electron chi connectivity index (χ1n) is 12.6. The van der Waals surface area contributed by atoms with Gasteiger partial charge in [-0.2, -0.15) is 23.3 Å². The number of ether oxygens (including phenoxy) is 2. The topological polar surface area (TPSA) is 99.7 Å². The van der Waals surface area contributed by atoms with Gasteiger partial charge >= 0.3 is 12.2 Å². The number of carbonyl (C=O) groups excluding carboxylic acids is 1. The van der Waals surface area contributed by atoms with E-state index in [9.17, 15) is 18.0 Å². The Morgan fingerprint density at radius 2 is 1.92 bits per heavy atom. The van der Waals surface area contributed by atoms with Crippen molar-refractivity contribution in [3.63, 3.8) is 0 Å². The number of urea groups is 1. The number of benzene rings is 1. The molecule has 2 aliphatic rings. The number of hydrogen-bond donors (Lipinski definition) is 1. The van der Waals surface area contributed by atoms with Crippen LogP contribution in [0.15, 0.2) is 42.9 Å². The molecule has 13 heteroatoms. The summed E-state index contributed by atoms with van der Waals surface area (Å²) in [5.74, 6) is 1.18. The van der Waals surface area contributed by atoms with Crippen LogP contribution in [0.5, 0.6) is 11.6 Å². The molecule has 0 unspecified atom stereocenters. The number of rotatable bonds is 8. The number of anilines is 1. The molecule has 0 radical (unpaired) electrons. The summed E-state index contributed by atoms with van der Waals surface area (Å²) in [5, 5.41) is 6.70. The molecule has 10 nitrogen and oxygen atoms in total. The van der Waals surface area contributed by atoms with Gasteiger partial charge in [-0.15, -0.1) is 0 Å². The summed E-state index contributed by atoms with van der Waals surface area (Å²) < 4.78 is 49.3. The lowest BCUT2D eigenvalue weighted by molar-refractivity contribution is -0.139. The van der Waals surface area contributed by atoms with Crippen LogP contribution in [0.4, 0.5) is 23.9 Å². The lowest BCUT2D eigenvalue weighted by Crippen LogP contribution is -2.54. The summed E-state index contributed by atoms with van der Waals surface area (Å²) in [5.41, 5.74) is 1.67. The van der Waals surface area contributed by atoms with Gasteiger partial charge in [0.15, 0.2) is 0 Å². The Labute approximate surface area is 223 Å². The number of piperidine rings is 1. The number of hydrogen-bond acceptors (Lipinski definition) is 7. The summed E-state index contributed by atoms with van der Waals surface area (Å²) in [6, 6.07) is 7.23. The van der Waals surface area contributed by atoms with Crippen LogP contribution in [-0.2, 0) is 6.54 Å². The fraction of sp³-hybridized carbons (Fsp3) is 0.462. The van der Waals surface area contributed by atoms with Crippen molar-refractivity contribution < 1.29 is 27.4 Å². The fourth-order valence-corrected chi connectivity index (χ4v) is 5.29. The van der Waals surface area contributed by atoms with E-state index in [1.54, 1.807) is 25.7 Å². The Hall–Kier alpha value is -3.87. The summed E-state index contributed by atoms with van der Waals surface area (Å²) in [6.07, 6.45) is 0.916. The Bertz CT molecular complexity index is 1290. The first-order valence-corrected chi connectivity index (χ1v) is 12.6. The molecule has 1 spiro atoms. The van der Waals surface area contributed by atoms with Crippen molar-refractivity contribution in [1.82, 2.24) is 30.0 Å². The second kappa shape index (κ2) is 10.7. The molecule has 1 aromatic carbocycles. The average Bonchev–Trinajstić information content (AvgIpc) is 3.56. The highest BCUT2D eigenvalue weighted by Gasteiger charge is 2.52. The quantitative estimate of drug-likeness (QED) is 0.455. The van der Waals surface area contributed by atoms with E-state index >= 15 is 0 Å². The van der Waals surface area contributed by atoms with Crippen LogP contribution in [0.25, 0.3) is 11.1 Å². The maximum Gasteiger partial charge on any atom is 0.390 e. The summed E-state index contributed by atoms with van der Waals surface area (Å²) >= 11 is 0. The van der Waals surface area contributed by atoms with Crippen LogP contribution < -0.4 is 14.4 Å². The molecule has 4 heterocycles. The largest absolute Gasteiger partial charge is 0.497 e. The molecule has 0 atom stereocenters. The lowest BCUT2D eigenvalue weighted by atomic mass is 9.86. The molecule has 2 fully saturated rings. The van der Waals surface area contributed by atoms with Gasteiger partial charge in [0.05, 0.1) is 44.5 Å². The van der Waals surface area contributed by atoms with E-state index in [0.29, 0.717) is 56.2 Å². The highest BCUT2D eigenvalue weighted by Crippen LogP contribution is 2.40. The van der Waals surface area contributed by atoms with E-state index in [-0.39, 0.29) is 18.5 Å². The van der Waals surface area contributed by atoms with Gasteiger partial charge in [-0.25, -0.2) is 9.78 Å². The minimum atomic E-state index is -4.20. The van der Waals surface area contributed by atoms with Gasteiger partial charge in [0.2, 0.25) is 11.8 Å². The Kier molecular flexibility index (Phi) is 7.34. The van der Waals surface area contributed by atoms with Crippen molar-refractivity contribution in [2.45, 2.75) is 37.5 Å². The molecule has 39 heavy (non-hydrogen) atoms. The van der Waals surface area contributed by atoms with Crippen molar-refractivity contribution in [2.24, 2.45) is 0 Å². The smallest absolute Gasteiger partial charge is 0.390 e. The number of nitrogens with zero attached hydrogens (tertiary/aromatic N) is 6. The van der Waals surface area contributed by atoms with Gasteiger partial charge in [0.25, 0.3) is 0 Å². The van der Waals surface area contributed by atoms with E-state index in [1.165, 1.54) is 12.0 Å². The molecule has 5 rings (SSSR count). The monoisotopic (exact) mass is 545 g/mol. The van der Waals surface area contributed by atoms with E-state index < -0.39 is 18.1 Å². The molecular weight excluding hydrogens is 515 g/mol. The van der Waals surface area contributed by atoms with Gasteiger partial charge in [-0.3, -0.25) is 10.00 Å². The standard InChI is InChI=1S/C26H30F3N7O3/c1-38-20-5-3-4-18(12-20)16-36-24(37)35(17-25(36)6-9-34(10-7-25)11-8-26(27,28)29)23-30-15-21(22(33-23)39-2)19-13-31-32-14-19/h3-5,12-15H,6-11,16-17H2,1-2H3,(H,31,32). The summed E-state index contributed by atoms with van der Waals surface area (Å²) in [7, 11) is 3.08. The number of alkyl halides is 3. The predicted octanol–water partition coefficient (Wildman–Crippen LogP) is 4.11. The van der Waals surface area contributed by atoms with Crippen LogP contribution in [0.1, 0.15) is 24.8 Å². The van der Waals surface area contributed by atoms with Crippen molar-refractivity contribution in [3.05, 3.63) is 48.4 Å². The predicted molar refractivity (Wildman–Crippen MR) is 137 cm³/mol. The second-order valence-corrected chi connectivity index (χ2v) is 9.82. The van der Waals surface area contributed by atoms with E-state index in [1.807, 2.05) is 34.1 Å². The Morgan fingerprint density at radius 1 is 1.13 bits per heavy atom. The van der Waals surface area contributed by atoms with E-state index in [4.69, 9.17) is 9.47 Å². The maximum atomic E-state index is 13.9. The fourth-order valence-electron chi connectivity index (χ4n) is 5.29. The molecule has 0 aliphatic carbocycles. The third-order valence-electron chi connectivity index (χ3n) is 7.45. The number of methoxy groups -OCH3 is 2. The Balaban J connectivity index is 1.43. The third kappa shape index (κ3) is 5.63. The molecule has 1 N–H and O–H groups in total. The lowest BCUT2D eigenvalue weighted by Gasteiger charge is -2.44. The molecule has 208 valence electrons. The minimum Gasteiger partial charge on any atom is -0.497 e. The first-order chi connectivity index (χ1) is 18.7. The molecular formula is C26H30F3N7O3. The normalized spacial score (nSPS) is 17.7. The van der Waals surface area contributed by atoms with Crippen molar-refractivity contribution >= 4 is 12.0 Å². The van der Waals surface area contributed by atoms with Crippen LogP contribution >= 0.6 is 0 Å². The zero-order chi connectivity index (χ0) is 27.6. The number of nitrogens with one attached hydrogen (secondary N) is 1. The SMILES string of the molecule is COc1cccc(CN2C(=O)N(c3ncc(-c4cn[nH]c4)c(OC)n3)CC23CCN(CCC(F)(F)F)CC3)c1. The third-order valence-corrected chi connectivity index (χ3v) is 7.45. The van der Waals surface area contributed by atoms with Crippen LogP contribution in [0.2, 0.25) is 0 Å². The first kappa shape index (κ1) is 26.7. The molecule has 3 aromatic rings. The van der Waals surface area contributed by atoms with Gasteiger partial charge in [-0.05, 0) is 30.5 Å². The van der Waals surface area contributed by atoms with Crippen LogP contribution in [0, 0.1) is 0 Å². The average molecular weight is 546 g/mol. The molecule has 2 aliphatic heterocycles. The zero-order valence-electron chi connectivity index (χ0n) is 21.7. The number of halogens is 3. The van der Waals surface area contributed by atoms with E-state index in [0.717, 1.165) is 11.1 Å². The molecule has 2 amide bonds. The van der Waals surface area contributed by atoms with E-state index in [2.05, 4.69) is 20.2 Å². The van der Waals surface area contributed by atoms with Crippen molar-refractivity contribution in [2.75, 3.05) is 45.3 Å². The van der Waals surface area contributed by atoms with Crippen molar-refractivity contribution in [1.29, 1.82) is 0 Å². The van der Waals surface area contributed by atoms with Crippen molar-refractivity contribution in [3.8, 4) is 22.8 Å². The number of H-pyrrole nitrogens is 1. The van der Waals surface area contributed by atoms with Gasteiger partial charge in [-0.1, -0.05) is 12.1 Å². The molecule has 0 saturated carbocycles. The number of amides is 2. The van der Waals surface area contributed by atoms with Gasteiger partial charge in [0.1, 0.15) is 5.75 Å². The number of aromatic nitrogens is 4. The minimum absolute atomic E-state index is 0.0527. The summed E-state index contributed by atoms with van der Waals surface area (Å²) in [4.78, 5) is 28.1. The second-order valence-electron chi connectivity index (χ2n) is 9.82. The highest BCUT2D eigenvalue weighted by molar-refractivity contribution is 5.94. The molecule has 0 bridgehead atoms. The molecule has 2 aromatic heterocycles.